The topological polar surface area (TPSA) is 71.6 Å². The van der Waals surface area contributed by atoms with Gasteiger partial charge in [-0.1, -0.05) is 12.8 Å². The molecule has 2 atom stereocenters. The van der Waals surface area contributed by atoms with Crippen LogP contribution in [0.1, 0.15) is 36.1 Å². The molecule has 26 heavy (non-hydrogen) atoms. The fraction of sp³-hybridized carbons (Fsp3) is 0.350. The Balaban J connectivity index is 2.09. The van der Waals surface area contributed by atoms with Crippen molar-refractivity contribution in [1.29, 1.82) is 0 Å². The molecule has 1 aliphatic rings. The Labute approximate surface area is 158 Å². The van der Waals surface area contributed by atoms with Crippen molar-refractivity contribution in [3.05, 3.63) is 39.8 Å². The summed E-state index contributed by atoms with van der Waals surface area (Å²) in [6.45, 7) is 7.76. The number of pyridine rings is 1. The van der Waals surface area contributed by atoms with Crippen molar-refractivity contribution in [3.8, 4) is 23.0 Å². The van der Waals surface area contributed by atoms with E-state index in [-0.39, 0.29) is 17.8 Å². The number of aliphatic imine (C=N–C) groups is 1. The third-order valence-corrected chi connectivity index (χ3v) is 6.25. The SMILES string of the molecule is CC#Cc1cncc(-c2cc([C@@]3(C)N=C(N)N(C)C(=O)[C@@H]3C)sc2C)c1. The summed E-state index contributed by atoms with van der Waals surface area (Å²) in [5.41, 5.74) is 8.30. The van der Waals surface area contributed by atoms with Gasteiger partial charge in [-0.15, -0.1) is 17.3 Å². The van der Waals surface area contributed by atoms with Gasteiger partial charge in [0.1, 0.15) is 5.54 Å². The summed E-state index contributed by atoms with van der Waals surface area (Å²) < 4.78 is 0. The minimum atomic E-state index is -0.671. The quantitative estimate of drug-likeness (QED) is 0.830. The Hall–Kier alpha value is -2.65. The highest BCUT2D eigenvalue weighted by Crippen LogP contribution is 2.44. The molecule has 0 radical (unpaired) electrons. The van der Waals surface area contributed by atoms with Gasteiger partial charge in [-0.2, -0.15) is 0 Å². The number of carbonyl (C=O) groups is 1. The van der Waals surface area contributed by atoms with Crippen LogP contribution in [-0.2, 0) is 10.3 Å². The van der Waals surface area contributed by atoms with Crippen molar-refractivity contribution in [2.75, 3.05) is 7.05 Å². The second kappa shape index (κ2) is 6.58. The highest BCUT2D eigenvalue weighted by atomic mass is 32.1. The van der Waals surface area contributed by atoms with Gasteiger partial charge in [0, 0.05) is 40.3 Å². The Bertz CT molecular complexity index is 966. The average Bonchev–Trinajstić information content (AvgIpc) is 3.01. The Kier molecular flexibility index (Phi) is 4.59. The van der Waals surface area contributed by atoms with Crippen LogP contribution in [-0.4, -0.2) is 28.8 Å². The molecule has 0 saturated heterocycles. The van der Waals surface area contributed by atoms with Gasteiger partial charge in [0.15, 0.2) is 5.96 Å². The average molecular weight is 366 g/mol. The summed E-state index contributed by atoms with van der Waals surface area (Å²) in [6, 6.07) is 4.14. The molecule has 3 rings (SSSR count). The molecule has 1 aliphatic heterocycles. The van der Waals surface area contributed by atoms with Crippen LogP contribution in [0.3, 0.4) is 0 Å². The number of amides is 1. The molecular formula is C20H22N4OS. The second-order valence-electron chi connectivity index (χ2n) is 6.65. The lowest BCUT2D eigenvalue weighted by Crippen LogP contribution is -2.52. The van der Waals surface area contributed by atoms with Gasteiger partial charge in [-0.05, 0) is 38.5 Å². The van der Waals surface area contributed by atoms with Crippen LogP contribution in [0.5, 0.6) is 0 Å². The number of hydrogen-bond donors (Lipinski definition) is 1. The summed E-state index contributed by atoms with van der Waals surface area (Å²) in [7, 11) is 1.66. The first-order valence-electron chi connectivity index (χ1n) is 8.40. The molecule has 2 N–H and O–H groups in total. The van der Waals surface area contributed by atoms with Crippen LogP contribution in [0.4, 0.5) is 0 Å². The summed E-state index contributed by atoms with van der Waals surface area (Å²) >= 11 is 1.65. The van der Waals surface area contributed by atoms with E-state index in [0.717, 1.165) is 26.4 Å². The van der Waals surface area contributed by atoms with Crippen molar-refractivity contribution < 1.29 is 4.79 Å². The number of guanidine groups is 1. The van der Waals surface area contributed by atoms with E-state index in [0.29, 0.717) is 0 Å². The molecule has 0 unspecified atom stereocenters. The fourth-order valence-electron chi connectivity index (χ4n) is 3.14. The van der Waals surface area contributed by atoms with Gasteiger partial charge in [0.05, 0.1) is 5.92 Å². The fourth-order valence-corrected chi connectivity index (χ4v) is 4.36. The summed E-state index contributed by atoms with van der Waals surface area (Å²) in [6.07, 6.45) is 3.59. The van der Waals surface area contributed by atoms with E-state index in [4.69, 9.17) is 5.73 Å². The predicted molar refractivity (Wildman–Crippen MR) is 106 cm³/mol. The Morgan fingerprint density at radius 1 is 1.35 bits per heavy atom. The standard InChI is InChI=1S/C20H22N4OS/c1-6-7-14-8-15(11-22-10-14)16-9-17(26-13(16)3)20(4)12(2)18(25)24(5)19(21)23-20/h8-12H,1-5H3,(H2,21,23)/t12-,20-/m0/s1. The second-order valence-corrected chi connectivity index (χ2v) is 7.91. The lowest BCUT2D eigenvalue weighted by atomic mass is 9.83. The van der Waals surface area contributed by atoms with Crippen LogP contribution in [0.25, 0.3) is 11.1 Å². The van der Waals surface area contributed by atoms with E-state index in [9.17, 15) is 4.79 Å². The van der Waals surface area contributed by atoms with Crippen LogP contribution in [0, 0.1) is 24.7 Å². The summed E-state index contributed by atoms with van der Waals surface area (Å²) in [5.74, 6) is 5.88. The van der Waals surface area contributed by atoms with E-state index >= 15 is 0 Å². The number of thiophene rings is 1. The van der Waals surface area contributed by atoms with Gasteiger partial charge in [-0.3, -0.25) is 14.7 Å². The van der Waals surface area contributed by atoms with E-state index in [2.05, 4.69) is 34.8 Å². The van der Waals surface area contributed by atoms with Crippen LogP contribution < -0.4 is 5.73 Å². The molecule has 3 heterocycles. The Morgan fingerprint density at radius 2 is 2.08 bits per heavy atom. The maximum Gasteiger partial charge on any atom is 0.234 e. The zero-order valence-electron chi connectivity index (χ0n) is 15.6. The molecule has 0 fully saturated rings. The van der Waals surface area contributed by atoms with E-state index in [1.165, 1.54) is 4.90 Å². The van der Waals surface area contributed by atoms with Crippen molar-refractivity contribution >= 4 is 23.2 Å². The normalized spacial score (nSPS) is 22.7. The molecule has 2 aromatic heterocycles. The lowest BCUT2D eigenvalue weighted by molar-refractivity contribution is -0.133. The molecule has 134 valence electrons. The number of carbonyl (C=O) groups excluding carboxylic acids is 1. The van der Waals surface area contributed by atoms with Crippen molar-refractivity contribution in [2.45, 2.75) is 33.2 Å². The lowest BCUT2D eigenvalue weighted by Gasteiger charge is -2.37. The third-order valence-electron chi connectivity index (χ3n) is 4.97. The van der Waals surface area contributed by atoms with Crippen LogP contribution in [0.15, 0.2) is 29.5 Å². The molecule has 1 amide bonds. The van der Waals surface area contributed by atoms with Crippen LogP contribution >= 0.6 is 11.3 Å². The maximum atomic E-state index is 12.5. The largest absolute Gasteiger partial charge is 0.369 e. The maximum absolute atomic E-state index is 12.5. The number of nitrogens with two attached hydrogens (primary N) is 1. The molecule has 2 aromatic rings. The first kappa shape index (κ1) is 18.2. The molecule has 0 spiro atoms. The van der Waals surface area contributed by atoms with Gasteiger partial charge in [0.25, 0.3) is 0 Å². The minimum Gasteiger partial charge on any atom is -0.369 e. The van der Waals surface area contributed by atoms with E-state index < -0.39 is 5.54 Å². The molecule has 0 aliphatic carbocycles. The summed E-state index contributed by atoms with van der Waals surface area (Å²) in [4.78, 5) is 25.1. The Morgan fingerprint density at radius 3 is 2.77 bits per heavy atom. The predicted octanol–water partition coefficient (Wildman–Crippen LogP) is 3.13. The van der Waals surface area contributed by atoms with Crippen LogP contribution in [0.2, 0.25) is 0 Å². The molecule has 0 bridgehead atoms. The van der Waals surface area contributed by atoms with Crippen molar-refractivity contribution in [2.24, 2.45) is 16.6 Å². The minimum absolute atomic E-state index is 0.0190. The van der Waals surface area contributed by atoms with Gasteiger partial charge in [-0.25, -0.2) is 4.99 Å². The number of rotatable bonds is 2. The van der Waals surface area contributed by atoms with E-state index in [1.807, 2.05) is 33.0 Å². The molecule has 6 heteroatoms. The first-order valence-corrected chi connectivity index (χ1v) is 9.21. The monoisotopic (exact) mass is 366 g/mol. The molecule has 0 saturated carbocycles. The number of hydrogen-bond acceptors (Lipinski definition) is 5. The molecular weight excluding hydrogens is 344 g/mol. The zero-order chi connectivity index (χ0) is 19.1. The number of nitrogens with zero attached hydrogens (tertiary/aromatic N) is 3. The molecule has 0 aromatic carbocycles. The van der Waals surface area contributed by atoms with Gasteiger partial charge < -0.3 is 5.73 Å². The van der Waals surface area contributed by atoms with Crippen molar-refractivity contribution in [1.82, 2.24) is 9.88 Å². The zero-order valence-corrected chi connectivity index (χ0v) is 16.4. The highest BCUT2D eigenvalue weighted by molar-refractivity contribution is 7.12. The smallest absolute Gasteiger partial charge is 0.234 e. The number of aromatic nitrogens is 1. The van der Waals surface area contributed by atoms with E-state index in [1.54, 1.807) is 24.6 Å². The third kappa shape index (κ3) is 2.89. The summed E-state index contributed by atoms with van der Waals surface area (Å²) in [5, 5.41) is 0. The number of aryl methyl sites for hydroxylation is 1. The highest BCUT2D eigenvalue weighted by Gasteiger charge is 2.44. The van der Waals surface area contributed by atoms with Crippen molar-refractivity contribution in [3.63, 3.8) is 0 Å². The first-order chi connectivity index (χ1) is 12.3. The van der Waals surface area contributed by atoms with Gasteiger partial charge >= 0.3 is 0 Å². The molecule has 5 nitrogen and oxygen atoms in total. The van der Waals surface area contributed by atoms with Gasteiger partial charge in [0.2, 0.25) is 5.91 Å².